The molecule has 4 heteroatoms. The van der Waals surface area contributed by atoms with Gasteiger partial charge in [0, 0.05) is 5.56 Å². The van der Waals surface area contributed by atoms with Crippen LogP contribution < -0.4 is 5.32 Å². The Hall–Kier alpha value is -2.10. The zero-order valence-corrected chi connectivity index (χ0v) is 13.3. The van der Waals surface area contributed by atoms with Crippen LogP contribution in [0.2, 0.25) is 0 Å². The molecule has 1 rings (SSSR count). The first kappa shape index (κ1) is 17.0. The van der Waals surface area contributed by atoms with Crippen LogP contribution in [-0.2, 0) is 9.53 Å². The van der Waals surface area contributed by atoms with Gasteiger partial charge in [0.25, 0.3) is 5.91 Å². The van der Waals surface area contributed by atoms with Gasteiger partial charge in [0.2, 0.25) is 0 Å². The van der Waals surface area contributed by atoms with E-state index in [0.717, 1.165) is 16.7 Å². The molecule has 1 aromatic rings. The normalized spacial score (nSPS) is 11.5. The lowest BCUT2D eigenvalue weighted by atomic mass is 10.1. The summed E-state index contributed by atoms with van der Waals surface area (Å²) in [6.45, 7) is 7.76. The van der Waals surface area contributed by atoms with E-state index in [1.54, 1.807) is 12.1 Å². The van der Waals surface area contributed by atoms with E-state index in [-0.39, 0.29) is 5.91 Å². The number of hydrogen-bond acceptors (Lipinski definition) is 3. The molecule has 0 saturated carbocycles. The molecular formula is C17H23NO3. The van der Waals surface area contributed by atoms with Crippen molar-refractivity contribution in [1.82, 2.24) is 5.32 Å². The van der Waals surface area contributed by atoms with E-state index in [2.05, 4.69) is 5.32 Å². The van der Waals surface area contributed by atoms with E-state index < -0.39 is 12.0 Å². The maximum absolute atomic E-state index is 12.3. The van der Waals surface area contributed by atoms with Crippen LogP contribution in [0, 0.1) is 13.8 Å². The molecule has 0 unspecified atom stereocenters. The zero-order valence-electron chi connectivity index (χ0n) is 13.3. The number of amides is 1. The summed E-state index contributed by atoms with van der Waals surface area (Å²) in [4.78, 5) is 24.0. The molecule has 0 aliphatic carbocycles. The third-order valence-electron chi connectivity index (χ3n) is 3.04. The van der Waals surface area contributed by atoms with Gasteiger partial charge in [-0.1, -0.05) is 28.8 Å². The minimum atomic E-state index is -0.668. The van der Waals surface area contributed by atoms with Gasteiger partial charge in [-0.25, -0.2) is 4.79 Å². The highest BCUT2D eigenvalue weighted by molar-refractivity contribution is 5.97. The molecule has 0 aromatic heterocycles. The molecule has 4 nitrogen and oxygen atoms in total. The second-order valence-corrected chi connectivity index (χ2v) is 5.44. The summed E-state index contributed by atoms with van der Waals surface area (Å²) < 4.78 is 4.75. The molecule has 0 aliphatic rings. The summed E-state index contributed by atoms with van der Waals surface area (Å²) in [5.74, 6) is -0.704. The summed E-state index contributed by atoms with van der Waals surface area (Å²) in [6.07, 6.45) is 2.33. The lowest BCUT2D eigenvalue weighted by Crippen LogP contribution is -2.41. The van der Waals surface area contributed by atoms with Gasteiger partial charge in [-0.15, -0.1) is 0 Å². The quantitative estimate of drug-likeness (QED) is 0.670. The Morgan fingerprint density at radius 3 is 2.24 bits per heavy atom. The number of rotatable bonds is 5. The predicted octanol–water partition coefficient (Wildman–Crippen LogP) is 2.93. The van der Waals surface area contributed by atoms with E-state index >= 15 is 0 Å². The fraction of sp³-hybridized carbons (Fsp3) is 0.412. The largest absolute Gasteiger partial charge is 0.467 e. The Morgan fingerprint density at radius 1 is 1.19 bits per heavy atom. The molecule has 0 saturated heterocycles. The summed E-state index contributed by atoms with van der Waals surface area (Å²) in [5.41, 5.74) is 3.67. The van der Waals surface area contributed by atoms with Crippen LogP contribution in [0.5, 0.6) is 0 Å². The van der Waals surface area contributed by atoms with E-state index in [4.69, 9.17) is 4.74 Å². The van der Waals surface area contributed by atoms with E-state index in [9.17, 15) is 9.59 Å². The Labute approximate surface area is 126 Å². The molecule has 1 N–H and O–H groups in total. The lowest BCUT2D eigenvalue weighted by Gasteiger charge is -2.15. The number of esters is 1. The van der Waals surface area contributed by atoms with Gasteiger partial charge in [-0.05, 0) is 46.2 Å². The van der Waals surface area contributed by atoms with Crippen molar-refractivity contribution in [3.63, 3.8) is 0 Å². The van der Waals surface area contributed by atoms with Gasteiger partial charge in [0.05, 0.1) is 7.11 Å². The van der Waals surface area contributed by atoms with Crippen LogP contribution in [0.4, 0.5) is 0 Å². The minimum Gasteiger partial charge on any atom is -0.467 e. The fourth-order valence-corrected chi connectivity index (χ4v) is 2.06. The molecule has 0 heterocycles. The van der Waals surface area contributed by atoms with Crippen LogP contribution in [0.1, 0.15) is 41.8 Å². The second-order valence-electron chi connectivity index (χ2n) is 5.44. The first-order valence-corrected chi connectivity index (χ1v) is 6.94. The van der Waals surface area contributed by atoms with Crippen molar-refractivity contribution in [3.8, 4) is 0 Å². The van der Waals surface area contributed by atoms with Crippen LogP contribution in [0.15, 0.2) is 29.8 Å². The highest BCUT2D eigenvalue weighted by Crippen LogP contribution is 2.10. The molecule has 1 aromatic carbocycles. The number of hydrogen-bond donors (Lipinski definition) is 1. The molecule has 1 atom stereocenters. The highest BCUT2D eigenvalue weighted by atomic mass is 16.5. The molecule has 1 amide bonds. The summed E-state index contributed by atoms with van der Waals surface area (Å²) in [6, 6.07) is 4.94. The first-order valence-electron chi connectivity index (χ1n) is 6.94. The summed E-state index contributed by atoms with van der Waals surface area (Å²) >= 11 is 0. The Kier molecular flexibility index (Phi) is 6.15. The van der Waals surface area contributed by atoms with Crippen molar-refractivity contribution in [2.75, 3.05) is 7.11 Å². The average molecular weight is 289 g/mol. The van der Waals surface area contributed by atoms with Crippen LogP contribution in [0.3, 0.4) is 0 Å². The Balaban J connectivity index is 2.89. The zero-order chi connectivity index (χ0) is 16.0. The third-order valence-corrected chi connectivity index (χ3v) is 3.04. The molecule has 21 heavy (non-hydrogen) atoms. The Morgan fingerprint density at radius 2 is 1.76 bits per heavy atom. The lowest BCUT2D eigenvalue weighted by molar-refractivity contribution is -0.142. The average Bonchev–Trinajstić information content (AvgIpc) is 2.40. The smallest absolute Gasteiger partial charge is 0.328 e. The highest BCUT2D eigenvalue weighted by Gasteiger charge is 2.21. The van der Waals surface area contributed by atoms with Crippen LogP contribution >= 0.6 is 0 Å². The predicted molar refractivity (Wildman–Crippen MR) is 83.2 cm³/mol. The minimum absolute atomic E-state index is 0.264. The number of nitrogens with one attached hydrogen (secondary N) is 1. The molecule has 0 spiro atoms. The van der Waals surface area contributed by atoms with Gasteiger partial charge >= 0.3 is 5.97 Å². The monoisotopic (exact) mass is 289 g/mol. The number of methoxy groups -OCH3 is 1. The number of carbonyl (C=O) groups excluding carboxylic acids is 2. The van der Waals surface area contributed by atoms with Gasteiger partial charge in [-0.3, -0.25) is 4.79 Å². The molecular weight excluding hydrogens is 266 g/mol. The molecule has 0 bridgehead atoms. The molecule has 0 aliphatic heterocycles. The number of ether oxygens (including phenoxy) is 1. The maximum Gasteiger partial charge on any atom is 0.328 e. The number of benzene rings is 1. The second kappa shape index (κ2) is 7.62. The van der Waals surface area contributed by atoms with Gasteiger partial charge in [-0.2, -0.15) is 0 Å². The molecule has 0 radical (unpaired) electrons. The number of allylic oxidation sites excluding steroid dienone is 1. The maximum atomic E-state index is 12.3. The van der Waals surface area contributed by atoms with Gasteiger partial charge in [0.15, 0.2) is 0 Å². The van der Waals surface area contributed by atoms with E-state index in [1.807, 2.05) is 39.8 Å². The summed E-state index contributed by atoms with van der Waals surface area (Å²) in [5, 5.41) is 2.74. The third kappa shape index (κ3) is 5.42. The van der Waals surface area contributed by atoms with Crippen molar-refractivity contribution >= 4 is 11.9 Å². The molecule has 114 valence electrons. The van der Waals surface area contributed by atoms with Crippen molar-refractivity contribution in [3.05, 3.63) is 46.5 Å². The topological polar surface area (TPSA) is 55.4 Å². The van der Waals surface area contributed by atoms with Crippen molar-refractivity contribution in [2.24, 2.45) is 0 Å². The van der Waals surface area contributed by atoms with E-state index in [0.29, 0.717) is 12.0 Å². The van der Waals surface area contributed by atoms with Gasteiger partial charge in [0.1, 0.15) is 6.04 Å². The SMILES string of the molecule is COC(=O)[C@@H](CC=C(C)C)NC(=O)c1cc(C)cc(C)c1. The van der Waals surface area contributed by atoms with Crippen molar-refractivity contribution in [1.29, 1.82) is 0 Å². The summed E-state index contributed by atoms with van der Waals surface area (Å²) in [7, 11) is 1.32. The van der Waals surface area contributed by atoms with E-state index in [1.165, 1.54) is 7.11 Å². The fourth-order valence-electron chi connectivity index (χ4n) is 2.06. The first-order chi connectivity index (χ1) is 9.83. The number of aryl methyl sites for hydroxylation is 2. The van der Waals surface area contributed by atoms with Crippen molar-refractivity contribution < 1.29 is 14.3 Å². The standard InChI is InChI=1S/C17H23NO3/c1-11(2)6-7-15(17(20)21-5)18-16(19)14-9-12(3)8-13(4)10-14/h6,8-10,15H,7H2,1-5H3,(H,18,19)/t15-/m1/s1. The van der Waals surface area contributed by atoms with Crippen LogP contribution in [0.25, 0.3) is 0 Å². The van der Waals surface area contributed by atoms with Crippen molar-refractivity contribution in [2.45, 2.75) is 40.2 Å². The van der Waals surface area contributed by atoms with Gasteiger partial charge < -0.3 is 10.1 Å². The number of carbonyl (C=O) groups is 2. The van der Waals surface area contributed by atoms with Crippen LogP contribution in [-0.4, -0.2) is 25.0 Å². The Bertz CT molecular complexity index is 537. The molecule has 0 fully saturated rings.